The number of sulfone groups is 1. The molecule has 2 aromatic carbocycles. The lowest BCUT2D eigenvalue weighted by Gasteiger charge is -2.29. The third-order valence-electron chi connectivity index (χ3n) is 7.88. The molecule has 1 saturated carbocycles. The molecule has 3 aromatic rings. The smallest absolute Gasteiger partial charge is 0.330 e. The average Bonchev–Trinajstić information content (AvgIpc) is 3.68. The number of carbonyl (C=O) groups excluding carboxylic acids is 2. The van der Waals surface area contributed by atoms with Gasteiger partial charge in [-0.05, 0) is 74.1 Å². The van der Waals surface area contributed by atoms with Crippen LogP contribution in [-0.2, 0) is 31.3 Å². The number of nitrogens with zero attached hydrogens (tertiary/aromatic N) is 1. The number of H-pyrrole nitrogens is 1. The number of aromatic nitrogens is 2. The Morgan fingerprint density at radius 2 is 1.89 bits per heavy atom. The number of esters is 1. The topological polar surface area (TPSA) is 156 Å². The quantitative estimate of drug-likeness (QED) is 0.136. The van der Waals surface area contributed by atoms with E-state index in [-0.39, 0.29) is 30.0 Å². The van der Waals surface area contributed by atoms with Crippen molar-refractivity contribution in [3.8, 4) is 12.3 Å². The first-order valence-corrected chi connectivity index (χ1v) is 16.9. The lowest BCUT2D eigenvalue weighted by molar-refractivity contribution is -0.151. The normalized spacial score (nSPS) is 15.7. The molecule has 46 heavy (non-hydrogen) atoms. The number of hydrogen-bond acceptors (Lipinski definition) is 8. The monoisotopic (exact) mass is 655 g/mol. The van der Waals surface area contributed by atoms with Crippen LogP contribution in [0.2, 0.25) is 0 Å². The van der Waals surface area contributed by atoms with Crippen LogP contribution in [0.25, 0.3) is 0 Å². The lowest BCUT2D eigenvalue weighted by atomic mass is 9.99. The van der Waals surface area contributed by atoms with Crippen molar-refractivity contribution in [1.82, 2.24) is 20.8 Å². The van der Waals surface area contributed by atoms with Gasteiger partial charge in [0.05, 0.1) is 17.2 Å². The van der Waals surface area contributed by atoms with Gasteiger partial charge in [-0.25, -0.2) is 22.0 Å². The van der Waals surface area contributed by atoms with Crippen molar-refractivity contribution in [3.05, 3.63) is 88.2 Å². The van der Waals surface area contributed by atoms with Crippen LogP contribution >= 0.6 is 0 Å². The lowest BCUT2D eigenvalue weighted by Crippen LogP contribution is -2.52. The zero-order valence-electron chi connectivity index (χ0n) is 25.8. The Bertz CT molecular complexity index is 1680. The van der Waals surface area contributed by atoms with Crippen molar-refractivity contribution in [2.24, 2.45) is 5.73 Å². The van der Waals surface area contributed by atoms with E-state index in [0.29, 0.717) is 24.1 Å². The molecule has 0 unspecified atom stereocenters. The minimum Gasteiger partial charge on any atom is -0.458 e. The zero-order valence-corrected chi connectivity index (χ0v) is 26.6. The Kier molecular flexibility index (Phi) is 11.3. The first kappa shape index (κ1) is 34.7. The van der Waals surface area contributed by atoms with Crippen LogP contribution < -0.4 is 16.4 Å². The largest absolute Gasteiger partial charge is 0.458 e. The van der Waals surface area contributed by atoms with Crippen molar-refractivity contribution in [3.63, 3.8) is 0 Å². The van der Waals surface area contributed by atoms with Gasteiger partial charge in [0.2, 0.25) is 0 Å². The molecule has 5 N–H and O–H groups in total. The summed E-state index contributed by atoms with van der Waals surface area (Å²) in [7, 11) is -3.78. The number of amides is 1. The van der Waals surface area contributed by atoms with Crippen molar-refractivity contribution in [1.29, 1.82) is 0 Å². The molecule has 1 amide bonds. The number of ether oxygens (including phenoxy) is 1. The van der Waals surface area contributed by atoms with Gasteiger partial charge in [-0.3, -0.25) is 9.89 Å². The van der Waals surface area contributed by atoms with Crippen LogP contribution in [0.5, 0.6) is 0 Å². The van der Waals surface area contributed by atoms with Gasteiger partial charge >= 0.3 is 5.97 Å². The van der Waals surface area contributed by atoms with Gasteiger partial charge in [0, 0.05) is 29.8 Å². The Morgan fingerprint density at radius 3 is 2.50 bits per heavy atom. The standard InChI is InChI=1S/C33H39F2N5O5S/c1-4-6-12-46(43,44)20-29(38-31(41)28-13-21(3)39-40-28)32(42)45-30(27(36)17-23-15-25(34)18-26(35)16-23)19-37-33(10-11-33)24-9-7-8-22(5-2)14-24/h2,7-9,13-16,18,27,29-30,37H,4,6,10-12,17,19-20,36H2,1,3H3,(H,38,41)(H,39,40)/t27-,29+,30+/m0/s1. The van der Waals surface area contributed by atoms with E-state index in [1.807, 2.05) is 31.2 Å². The summed E-state index contributed by atoms with van der Waals surface area (Å²) in [4.78, 5) is 26.6. The van der Waals surface area contributed by atoms with Crippen LogP contribution in [-0.4, -0.2) is 66.7 Å². The van der Waals surface area contributed by atoms with E-state index in [9.17, 15) is 26.8 Å². The van der Waals surface area contributed by atoms with Crippen molar-refractivity contribution in [2.45, 2.75) is 69.7 Å². The molecule has 4 rings (SSSR count). The SMILES string of the molecule is C#Cc1cccc(C2(NC[C@@H](OC(=O)[C@@H](CS(=O)(=O)CCCC)NC(=O)c3cc(C)n[nH]3)[C@@H](N)Cc3cc(F)cc(F)c3)CC2)c1. The van der Waals surface area contributed by atoms with Gasteiger partial charge in [0.1, 0.15) is 29.5 Å². The molecule has 0 aliphatic heterocycles. The molecule has 0 bridgehead atoms. The first-order valence-electron chi connectivity index (χ1n) is 15.1. The number of halogens is 2. The molecular formula is C33H39F2N5O5S. The number of hydrogen-bond donors (Lipinski definition) is 4. The molecule has 1 heterocycles. The van der Waals surface area contributed by atoms with Gasteiger partial charge in [-0.1, -0.05) is 31.4 Å². The summed E-state index contributed by atoms with van der Waals surface area (Å²) < 4.78 is 59.6. The average molecular weight is 656 g/mol. The molecule has 1 aliphatic carbocycles. The van der Waals surface area contributed by atoms with Crippen molar-refractivity contribution in [2.75, 3.05) is 18.1 Å². The molecule has 13 heteroatoms. The van der Waals surface area contributed by atoms with Gasteiger partial charge in [0.25, 0.3) is 5.91 Å². The molecule has 0 spiro atoms. The highest BCUT2D eigenvalue weighted by Crippen LogP contribution is 2.45. The zero-order chi connectivity index (χ0) is 33.5. The fraction of sp³-hybridized carbons (Fsp3) is 0.424. The van der Waals surface area contributed by atoms with Gasteiger partial charge in [0.15, 0.2) is 9.84 Å². The third kappa shape index (κ3) is 9.45. The predicted molar refractivity (Wildman–Crippen MR) is 169 cm³/mol. The van der Waals surface area contributed by atoms with Crippen LogP contribution in [0, 0.1) is 30.9 Å². The second-order valence-corrected chi connectivity index (χ2v) is 14.0. The maximum Gasteiger partial charge on any atom is 0.330 e. The van der Waals surface area contributed by atoms with E-state index >= 15 is 0 Å². The highest BCUT2D eigenvalue weighted by Gasteiger charge is 2.45. The summed E-state index contributed by atoms with van der Waals surface area (Å²) in [6.45, 7) is 3.52. The highest BCUT2D eigenvalue weighted by molar-refractivity contribution is 7.91. The van der Waals surface area contributed by atoms with E-state index in [0.717, 1.165) is 36.6 Å². The Balaban J connectivity index is 1.59. The van der Waals surface area contributed by atoms with Crippen molar-refractivity contribution >= 4 is 21.7 Å². The molecule has 1 aromatic heterocycles. The fourth-order valence-corrected chi connectivity index (χ4v) is 6.81. The summed E-state index contributed by atoms with van der Waals surface area (Å²) in [5, 5.41) is 12.3. The molecule has 10 nitrogen and oxygen atoms in total. The summed E-state index contributed by atoms with van der Waals surface area (Å²) >= 11 is 0. The molecule has 0 saturated heterocycles. The summed E-state index contributed by atoms with van der Waals surface area (Å²) in [5.41, 5.74) is 8.50. The summed E-state index contributed by atoms with van der Waals surface area (Å²) in [6, 6.07) is 9.42. The van der Waals surface area contributed by atoms with Crippen molar-refractivity contribution < 1.29 is 31.5 Å². The predicted octanol–water partition coefficient (Wildman–Crippen LogP) is 3.05. The number of nitrogens with two attached hydrogens (primary N) is 1. The maximum atomic E-state index is 14.0. The Morgan fingerprint density at radius 1 is 1.17 bits per heavy atom. The number of carbonyl (C=O) groups is 2. The Hall–Kier alpha value is -4.12. The minimum absolute atomic E-state index is 0.0218. The second kappa shape index (κ2) is 15.0. The van der Waals surface area contributed by atoms with E-state index < -0.39 is 62.8 Å². The summed E-state index contributed by atoms with van der Waals surface area (Å²) in [5.74, 6) is -1.59. The number of nitrogens with one attached hydrogen (secondary N) is 3. The maximum absolute atomic E-state index is 14.0. The molecule has 3 atom stereocenters. The highest BCUT2D eigenvalue weighted by atomic mass is 32.2. The number of aryl methyl sites for hydroxylation is 1. The number of benzene rings is 2. The number of terminal acetylenes is 1. The molecule has 1 fully saturated rings. The van der Waals surface area contributed by atoms with Crippen LogP contribution in [0.3, 0.4) is 0 Å². The molecule has 246 valence electrons. The molecular weight excluding hydrogens is 616 g/mol. The van der Waals surface area contributed by atoms with Crippen LogP contribution in [0.15, 0.2) is 48.5 Å². The van der Waals surface area contributed by atoms with E-state index in [1.54, 1.807) is 6.92 Å². The van der Waals surface area contributed by atoms with Gasteiger partial charge in [-0.2, -0.15) is 5.10 Å². The summed E-state index contributed by atoms with van der Waals surface area (Å²) in [6.07, 6.45) is 6.97. The molecule has 1 aliphatic rings. The van der Waals surface area contributed by atoms with E-state index in [4.69, 9.17) is 16.9 Å². The van der Waals surface area contributed by atoms with Gasteiger partial charge < -0.3 is 21.1 Å². The molecule has 0 radical (unpaired) electrons. The fourth-order valence-electron chi connectivity index (χ4n) is 5.18. The second-order valence-electron chi connectivity index (χ2n) is 11.7. The number of unbranched alkanes of at least 4 members (excludes halogenated alkanes) is 1. The van der Waals surface area contributed by atoms with Crippen LogP contribution in [0.4, 0.5) is 8.78 Å². The number of rotatable bonds is 16. The van der Waals surface area contributed by atoms with E-state index in [1.165, 1.54) is 6.07 Å². The van der Waals surface area contributed by atoms with E-state index in [2.05, 4.69) is 26.8 Å². The number of aromatic amines is 1. The Labute approximate surface area is 267 Å². The minimum atomic E-state index is -3.78. The van der Waals surface area contributed by atoms with Crippen LogP contribution in [0.1, 0.15) is 65.5 Å². The van der Waals surface area contributed by atoms with Gasteiger partial charge in [-0.15, -0.1) is 6.42 Å². The first-order chi connectivity index (χ1) is 21.8. The third-order valence-corrected chi connectivity index (χ3v) is 9.63.